The summed E-state index contributed by atoms with van der Waals surface area (Å²) < 4.78 is 26.9. The van der Waals surface area contributed by atoms with Crippen LogP contribution in [0.4, 0.5) is 0 Å². The molecule has 5 nitrogen and oxygen atoms in total. The number of thiophene rings is 1. The smallest absolute Gasteiger partial charge is 0.225 e. The van der Waals surface area contributed by atoms with Crippen LogP contribution in [0.1, 0.15) is 11.8 Å². The molecule has 9 heteroatoms. The predicted molar refractivity (Wildman–Crippen MR) is 79.6 cm³/mol. The Bertz CT molecular complexity index is 686. The second-order valence-corrected chi connectivity index (χ2v) is 7.90. The molecule has 0 aliphatic rings. The highest BCUT2D eigenvalue weighted by Crippen LogP contribution is 2.25. The van der Waals surface area contributed by atoms with Gasteiger partial charge in [-0.2, -0.15) is 4.31 Å². The standard InChI is InChI=1S/C11H11Cl2N3O2S2/c1-2-16(7-8-3-4-10(12)19-8)20(17,18)9-5-14-11(13)15-6-9/h3-6H,2,7H2,1H3. The number of aromatic nitrogens is 2. The Labute approximate surface area is 131 Å². The molecule has 0 N–H and O–H groups in total. The van der Waals surface area contributed by atoms with Gasteiger partial charge in [-0.25, -0.2) is 18.4 Å². The lowest BCUT2D eigenvalue weighted by atomic mass is 10.4. The lowest BCUT2D eigenvalue weighted by Crippen LogP contribution is -2.30. The Morgan fingerprint density at radius 2 is 1.90 bits per heavy atom. The molecule has 0 amide bonds. The summed E-state index contributed by atoms with van der Waals surface area (Å²) in [6.45, 7) is 2.36. The molecule has 0 bridgehead atoms. The zero-order valence-electron chi connectivity index (χ0n) is 10.5. The Morgan fingerprint density at radius 1 is 1.25 bits per heavy atom. The number of rotatable bonds is 5. The molecule has 2 aromatic heterocycles. The van der Waals surface area contributed by atoms with Gasteiger partial charge in [0.2, 0.25) is 15.3 Å². The van der Waals surface area contributed by atoms with E-state index < -0.39 is 10.0 Å². The first-order valence-corrected chi connectivity index (χ1v) is 8.66. The molecule has 108 valence electrons. The molecule has 0 fully saturated rings. The van der Waals surface area contributed by atoms with E-state index in [1.165, 1.54) is 28.0 Å². The zero-order chi connectivity index (χ0) is 14.8. The Kier molecular flexibility index (Phi) is 4.98. The monoisotopic (exact) mass is 351 g/mol. The summed E-state index contributed by atoms with van der Waals surface area (Å²) in [7, 11) is -3.64. The van der Waals surface area contributed by atoms with E-state index in [0.717, 1.165) is 4.88 Å². The van der Waals surface area contributed by atoms with E-state index in [-0.39, 0.29) is 16.7 Å². The average Bonchev–Trinajstić information content (AvgIpc) is 2.82. The maximum atomic E-state index is 12.5. The number of sulfonamides is 1. The largest absolute Gasteiger partial charge is 0.246 e. The van der Waals surface area contributed by atoms with Crippen molar-refractivity contribution in [1.82, 2.24) is 14.3 Å². The zero-order valence-corrected chi connectivity index (χ0v) is 13.6. The number of halogens is 2. The molecule has 0 aliphatic heterocycles. The summed E-state index contributed by atoms with van der Waals surface area (Å²) in [5.74, 6) is 0. The van der Waals surface area contributed by atoms with Crippen molar-refractivity contribution >= 4 is 44.6 Å². The van der Waals surface area contributed by atoms with Gasteiger partial charge in [-0.1, -0.05) is 18.5 Å². The van der Waals surface area contributed by atoms with E-state index in [2.05, 4.69) is 9.97 Å². The molecule has 0 saturated carbocycles. The molecule has 2 heterocycles. The van der Waals surface area contributed by atoms with E-state index in [1.807, 2.05) is 6.07 Å². The van der Waals surface area contributed by atoms with E-state index in [4.69, 9.17) is 23.2 Å². The van der Waals surface area contributed by atoms with Crippen molar-refractivity contribution in [1.29, 1.82) is 0 Å². The Balaban J connectivity index is 2.27. The van der Waals surface area contributed by atoms with E-state index >= 15 is 0 Å². The van der Waals surface area contributed by atoms with Crippen LogP contribution in [0, 0.1) is 0 Å². The summed E-state index contributed by atoms with van der Waals surface area (Å²) in [5.41, 5.74) is 0. The molecule has 20 heavy (non-hydrogen) atoms. The van der Waals surface area contributed by atoms with Crippen LogP contribution in [0.5, 0.6) is 0 Å². The minimum absolute atomic E-state index is 0.0111. The van der Waals surface area contributed by atoms with E-state index in [0.29, 0.717) is 10.9 Å². The van der Waals surface area contributed by atoms with Gasteiger partial charge in [-0.05, 0) is 23.7 Å². The van der Waals surface area contributed by atoms with Gasteiger partial charge >= 0.3 is 0 Å². The van der Waals surface area contributed by atoms with Crippen LogP contribution in [0.3, 0.4) is 0 Å². The molecule has 0 spiro atoms. The van der Waals surface area contributed by atoms with Crippen LogP contribution in [-0.4, -0.2) is 29.2 Å². The van der Waals surface area contributed by atoms with Gasteiger partial charge in [0.25, 0.3) is 0 Å². The fourth-order valence-electron chi connectivity index (χ4n) is 1.56. The minimum Gasteiger partial charge on any atom is -0.225 e. The molecule has 2 aromatic rings. The topological polar surface area (TPSA) is 63.2 Å². The third-order valence-corrected chi connectivity index (χ3v) is 5.83. The first-order valence-electron chi connectivity index (χ1n) is 5.65. The van der Waals surface area contributed by atoms with Crippen molar-refractivity contribution in [3.8, 4) is 0 Å². The minimum atomic E-state index is -3.64. The second kappa shape index (κ2) is 6.36. The molecular formula is C11H11Cl2N3O2S2. The third-order valence-electron chi connectivity index (χ3n) is 2.55. The Morgan fingerprint density at radius 3 is 2.40 bits per heavy atom. The van der Waals surface area contributed by atoms with Crippen LogP contribution < -0.4 is 0 Å². The normalized spacial score (nSPS) is 12.0. The van der Waals surface area contributed by atoms with Gasteiger partial charge < -0.3 is 0 Å². The maximum Gasteiger partial charge on any atom is 0.246 e. The number of hydrogen-bond donors (Lipinski definition) is 0. The summed E-state index contributed by atoms with van der Waals surface area (Å²) >= 11 is 12.8. The SMILES string of the molecule is CCN(Cc1ccc(Cl)s1)S(=O)(=O)c1cnc(Cl)nc1. The first-order chi connectivity index (χ1) is 9.43. The molecule has 0 unspecified atom stereocenters. The second-order valence-electron chi connectivity index (χ2n) is 3.82. The molecule has 0 radical (unpaired) electrons. The van der Waals surface area contributed by atoms with Crippen LogP contribution in [-0.2, 0) is 16.6 Å². The van der Waals surface area contributed by atoms with Crippen molar-refractivity contribution in [2.45, 2.75) is 18.4 Å². The molecule has 0 atom stereocenters. The summed E-state index contributed by atoms with van der Waals surface area (Å²) in [4.78, 5) is 8.30. The van der Waals surface area contributed by atoms with Gasteiger partial charge in [0.05, 0.1) is 16.7 Å². The number of hydrogen-bond acceptors (Lipinski definition) is 5. The fourth-order valence-corrected chi connectivity index (χ4v) is 4.16. The van der Waals surface area contributed by atoms with Gasteiger partial charge in [0, 0.05) is 18.0 Å². The quantitative estimate of drug-likeness (QED) is 0.776. The molecule has 0 aromatic carbocycles. The van der Waals surface area contributed by atoms with Crippen LogP contribution in [0.15, 0.2) is 29.4 Å². The van der Waals surface area contributed by atoms with Crippen molar-refractivity contribution in [2.24, 2.45) is 0 Å². The molecule has 2 rings (SSSR count). The molecular weight excluding hydrogens is 341 g/mol. The first kappa shape index (κ1) is 15.7. The highest BCUT2D eigenvalue weighted by Gasteiger charge is 2.24. The molecule has 0 aliphatic carbocycles. The van der Waals surface area contributed by atoms with Gasteiger partial charge in [0.15, 0.2) is 0 Å². The van der Waals surface area contributed by atoms with Gasteiger partial charge in [0.1, 0.15) is 4.90 Å². The highest BCUT2D eigenvalue weighted by molar-refractivity contribution is 7.89. The van der Waals surface area contributed by atoms with Crippen molar-refractivity contribution < 1.29 is 8.42 Å². The van der Waals surface area contributed by atoms with Crippen molar-refractivity contribution in [3.63, 3.8) is 0 Å². The number of nitrogens with zero attached hydrogens (tertiary/aromatic N) is 3. The maximum absolute atomic E-state index is 12.5. The van der Waals surface area contributed by atoms with E-state index in [1.54, 1.807) is 13.0 Å². The molecule has 0 saturated heterocycles. The third kappa shape index (κ3) is 3.48. The lowest BCUT2D eigenvalue weighted by Gasteiger charge is -2.19. The van der Waals surface area contributed by atoms with Crippen LogP contribution in [0.2, 0.25) is 9.62 Å². The van der Waals surface area contributed by atoms with Gasteiger partial charge in [-0.15, -0.1) is 11.3 Å². The summed E-state index contributed by atoms with van der Waals surface area (Å²) in [6.07, 6.45) is 2.41. The Hall–Kier alpha value is -0.730. The van der Waals surface area contributed by atoms with Crippen molar-refractivity contribution in [3.05, 3.63) is 39.0 Å². The van der Waals surface area contributed by atoms with Crippen molar-refractivity contribution in [2.75, 3.05) is 6.54 Å². The summed E-state index contributed by atoms with van der Waals surface area (Å²) in [6, 6.07) is 3.55. The van der Waals surface area contributed by atoms with Crippen LogP contribution in [0.25, 0.3) is 0 Å². The highest BCUT2D eigenvalue weighted by atomic mass is 35.5. The van der Waals surface area contributed by atoms with E-state index in [9.17, 15) is 8.42 Å². The lowest BCUT2D eigenvalue weighted by molar-refractivity contribution is 0.426. The summed E-state index contributed by atoms with van der Waals surface area (Å²) in [5, 5.41) is 0.0111. The van der Waals surface area contributed by atoms with Gasteiger partial charge in [-0.3, -0.25) is 0 Å². The fraction of sp³-hybridized carbons (Fsp3) is 0.273. The van der Waals surface area contributed by atoms with Crippen LogP contribution >= 0.6 is 34.5 Å². The average molecular weight is 352 g/mol. The predicted octanol–water partition coefficient (Wildman–Crippen LogP) is 3.06.